The molecular weight excluding hydrogens is 448 g/mol. The number of carbonyl (C=O) groups excluding carboxylic acids is 2. The standard InChI is InChI=1S/C28H42O7/c1-9-16(3)11-12-27(7)18(5)13-23(30)28-21(25(32-8)35-26(28)33-19(6)29)14-20(15-22(27)28)34-24(31)17(4)10-2/h9,14,17-18,20,22-23,25-26,30H,1,3,10-13,15H2,2,4-8H3/t17?,18-,20+,22+,23+,25+,26-,27-,28?/m0/s1. The molecule has 1 saturated carbocycles. The van der Waals surface area contributed by atoms with E-state index in [9.17, 15) is 14.7 Å². The normalized spacial score (nSPS) is 39.0. The minimum absolute atomic E-state index is 0.149. The van der Waals surface area contributed by atoms with Crippen LogP contribution in [0.2, 0.25) is 0 Å². The summed E-state index contributed by atoms with van der Waals surface area (Å²) in [5.41, 5.74) is 0.343. The van der Waals surface area contributed by atoms with Gasteiger partial charge >= 0.3 is 11.9 Å². The quantitative estimate of drug-likeness (QED) is 0.285. The van der Waals surface area contributed by atoms with Crippen LogP contribution in [-0.2, 0) is 28.5 Å². The van der Waals surface area contributed by atoms with Gasteiger partial charge in [-0.15, -0.1) is 0 Å². The third kappa shape index (κ3) is 4.75. The van der Waals surface area contributed by atoms with Crippen molar-refractivity contribution in [3.05, 3.63) is 36.5 Å². The van der Waals surface area contributed by atoms with Gasteiger partial charge in [0, 0.05) is 19.6 Å². The zero-order valence-electron chi connectivity index (χ0n) is 22.0. The third-order valence-electron chi connectivity index (χ3n) is 8.89. The topological polar surface area (TPSA) is 91.3 Å². The molecule has 0 aromatic rings. The van der Waals surface area contributed by atoms with Gasteiger partial charge in [0.1, 0.15) is 6.10 Å². The molecule has 1 heterocycles. The second kappa shape index (κ2) is 10.6. The van der Waals surface area contributed by atoms with Gasteiger partial charge in [-0.05, 0) is 55.4 Å². The zero-order chi connectivity index (χ0) is 26.1. The van der Waals surface area contributed by atoms with Crippen LogP contribution in [0.5, 0.6) is 0 Å². The number of methoxy groups -OCH3 is 1. The molecular formula is C28H42O7. The van der Waals surface area contributed by atoms with Gasteiger partial charge < -0.3 is 24.1 Å². The van der Waals surface area contributed by atoms with Crippen LogP contribution in [0.4, 0.5) is 0 Å². The summed E-state index contributed by atoms with van der Waals surface area (Å²) in [6.45, 7) is 17.5. The van der Waals surface area contributed by atoms with E-state index < -0.39 is 36.2 Å². The maximum Gasteiger partial charge on any atom is 0.309 e. The molecule has 0 radical (unpaired) electrons. The van der Waals surface area contributed by atoms with Gasteiger partial charge in [0.05, 0.1) is 17.4 Å². The van der Waals surface area contributed by atoms with Gasteiger partial charge in [0.2, 0.25) is 6.29 Å². The summed E-state index contributed by atoms with van der Waals surface area (Å²) >= 11 is 0. The number of ether oxygens (including phenoxy) is 4. The van der Waals surface area contributed by atoms with Crippen LogP contribution in [0.15, 0.2) is 36.5 Å². The van der Waals surface area contributed by atoms with Gasteiger partial charge in [-0.3, -0.25) is 9.59 Å². The number of esters is 2. The molecule has 2 aliphatic carbocycles. The maximum atomic E-state index is 12.7. The van der Waals surface area contributed by atoms with Crippen LogP contribution in [0.25, 0.3) is 0 Å². The van der Waals surface area contributed by atoms with Crippen molar-refractivity contribution >= 4 is 11.9 Å². The molecule has 1 aliphatic heterocycles. The zero-order valence-corrected chi connectivity index (χ0v) is 22.0. The molecule has 35 heavy (non-hydrogen) atoms. The second-order valence-corrected chi connectivity index (χ2v) is 10.8. The number of allylic oxidation sites excluding steroid dienone is 2. The van der Waals surface area contributed by atoms with Gasteiger partial charge in [0.15, 0.2) is 6.29 Å². The smallest absolute Gasteiger partial charge is 0.309 e. The van der Waals surface area contributed by atoms with Crippen LogP contribution in [0.1, 0.15) is 66.7 Å². The van der Waals surface area contributed by atoms with Crippen molar-refractivity contribution < 1.29 is 33.6 Å². The maximum absolute atomic E-state index is 12.7. The molecule has 0 aromatic heterocycles. The molecule has 3 rings (SSSR count). The van der Waals surface area contributed by atoms with Crippen LogP contribution >= 0.6 is 0 Å². The minimum atomic E-state index is -1.00. The largest absolute Gasteiger partial charge is 0.458 e. The predicted octanol–water partition coefficient (Wildman–Crippen LogP) is 4.70. The first kappa shape index (κ1) is 27.6. The Morgan fingerprint density at radius 3 is 2.60 bits per heavy atom. The van der Waals surface area contributed by atoms with Crippen LogP contribution in [-0.4, -0.2) is 48.9 Å². The van der Waals surface area contributed by atoms with E-state index >= 15 is 0 Å². The summed E-state index contributed by atoms with van der Waals surface area (Å²) < 4.78 is 23.5. The van der Waals surface area contributed by atoms with Crippen LogP contribution < -0.4 is 0 Å². The van der Waals surface area contributed by atoms with E-state index in [-0.39, 0.29) is 29.1 Å². The third-order valence-corrected chi connectivity index (χ3v) is 8.89. The highest BCUT2D eigenvalue weighted by Crippen LogP contribution is 2.67. The summed E-state index contributed by atoms with van der Waals surface area (Å²) in [5, 5.41) is 11.7. The van der Waals surface area contributed by atoms with Crippen molar-refractivity contribution in [2.75, 3.05) is 7.11 Å². The molecule has 2 unspecified atom stereocenters. The lowest BCUT2D eigenvalue weighted by molar-refractivity contribution is -0.254. The van der Waals surface area contributed by atoms with Crippen molar-refractivity contribution in [3.63, 3.8) is 0 Å². The van der Waals surface area contributed by atoms with E-state index in [1.54, 1.807) is 6.08 Å². The van der Waals surface area contributed by atoms with Crippen molar-refractivity contribution in [2.45, 2.75) is 91.5 Å². The van der Waals surface area contributed by atoms with E-state index in [4.69, 9.17) is 18.9 Å². The first-order valence-corrected chi connectivity index (χ1v) is 12.7. The molecule has 0 bridgehead atoms. The minimum Gasteiger partial charge on any atom is -0.458 e. The van der Waals surface area contributed by atoms with Gasteiger partial charge in [-0.25, -0.2) is 0 Å². The first-order valence-electron chi connectivity index (χ1n) is 12.7. The second-order valence-electron chi connectivity index (χ2n) is 10.8. The highest BCUT2D eigenvalue weighted by molar-refractivity contribution is 5.72. The average molecular weight is 491 g/mol. The first-order chi connectivity index (χ1) is 16.4. The fraction of sp³-hybridized carbons (Fsp3) is 0.714. The van der Waals surface area contributed by atoms with Gasteiger partial charge in [0.25, 0.3) is 0 Å². The summed E-state index contributed by atoms with van der Waals surface area (Å²) in [5.74, 6) is -1.01. The Labute approximate surface area is 209 Å². The summed E-state index contributed by atoms with van der Waals surface area (Å²) in [6.07, 6.45) is 3.72. The lowest BCUT2D eigenvalue weighted by Crippen LogP contribution is -2.63. The van der Waals surface area contributed by atoms with Crippen molar-refractivity contribution in [1.29, 1.82) is 0 Å². The molecule has 2 fully saturated rings. The van der Waals surface area contributed by atoms with Gasteiger partial charge in [-0.2, -0.15) is 0 Å². The SMILES string of the molecule is C=CC(=C)CC[C@@]1(C)[C@@H](C)C[C@@H](O)C23C(=C[C@@H](OC(=O)C(C)CC)C[C@@H]21)[C@H](OC)O[C@@H]3OC(C)=O. The monoisotopic (exact) mass is 490 g/mol. The molecule has 3 aliphatic rings. The molecule has 196 valence electrons. The molecule has 7 heteroatoms. The summed E-state index contributed by atoms with van der Waals surface area (Å²) in [4.78, 5) is 24.9. The molecule has 7 nitrogen and oxygen atoms in total. The highest BCUT2D eigenvalue weighted by Gasteiger charge is 2.70. The van der Waals surface area contributed by atoms with Crippen molar-refractivity contribution in [2.24, 2.45) is 28.6 Å². The Hall–Kier alpha value is -1.96. The van der Waals surface area contributed by atoms with Crippen molar-refractivity contribution in [3.8, 4) is 0 Å². The lowest BCUT2D eigenvalue weighted by Gasteiger charge is -2.60. The number of aliphatic hydroxyl groups is 1. The summed E-state index contributed by atoms with van der Waals surface area (Å²) in [7, 11) is 1.52. The Balaban J connectivity index is 2.15. The highest BCUT2D eigenvalue weighted by atomic mass is 16.8. The number of carbonyl (C=O) groups is 2. The lowest BCUT2D eigenvalue weighted by atomic mass is 9.45. The molecule has 1 spiro atoms. The van der Waals surface area contributed by atoms with E-state index in [0.717, 1.165) is 18.4 Å². The van der Waals surface area contributed by atoms with E-state index in [1.807, 2.05) is 19.9 Å². The Bertz CT molecular complexity index is 879. The van der Waals surface area contributed by atoms with E-state index in [0.29, 0.717) is 24.8 Å². The molecule has 1 N–H and O–H groups in total. The predicted molar refractivity (Wildman–Crippen MR) is 132 cm³/mol. The van der Waals surface area contributed by atoms with Crippen LogP contribution in [0.3, 0.4) is 0 Å². The molecule has 9 atom stereocenters. The number of aliphatic hydroxyl groups excluding tert-OH is 1. The fourth-order valence-corrected chi connectivity index (χ4v) is 6.39. The molecule has 0 amide bonds. The van der Waals surface area contributed by atoms with E-state index in [1.165, 1.54) is 14.0 Å². The van der Waals surface area contributed by atoms with Gasteiger partial charge in [-0.1, -0.05) is 52.5 Å². The Morgan fingerprint density at radius 1 is 1.34 bits per heavy atom. The van der Waals surface area contributed by atoms with Crippen molar-refractivity contribution in [1.82, 2.24) is 0 Å². The Kier molecular flexibility index (Phi) is 8.34. The summed E-state index contributed by atoms with van der Waals surface area (Å²) in [6, 6.07) is 0. The van der Waals surface area contributed by atoms with E-state index in [2.05, 4.69) is 27.0 Å². The Morgan fingerprint density at radius 2 is 2.03 bits per heavy atom. The van der Waals surface area contributed by atoms with Crippen LogP contribution in [0, 0.1) is 28.6 Å². The number of hydrogen-bond acceptors (Lipinski definition) is 7. The fourth-order valence-electron chi connectivity index (χ4n) is 6.39. The number of hydrogen-bond donors (Lipinski definition) is 1. The average Bonchev–Trinajstić information content (AvgIpc) is 3.13. The molecule has 0 aromatic carbocycles. The number of rotatable bonds is 9. The molecule has 1 saturated heterocycles.